The van der Waals surface area contributed by atoms with E-state index in [9.17, 15) is 0 Å². The van der Waals surface area contributed by atoms with Crippen molar-refractivity contribution in [2.24, 2.45) is 10.7 Å². The summed E-state index contributed by atoms with van der Waals surface area (Å²) in [7, 11) is 0. The molecule has 2 N–H and O–H groups in total. The monoisotopic (exact) mass is 162 g/mol. The molecule has 0 amide bonds. The minimum atomic E-state index is 0.662. The Hall–Kier alpha value is -1.15. The van der Waals surface area contributed by atoms with Gasteiger partial charge in [-0.3, -0.25) is 4.99 Å². The molecule has 0 heterocycles. The first-order valence-corrected chi connectivity index (χ1v) is 4.13. The number of para-hydroxylation sites is 1. The van der Waals surface area contributed by atoms with Crippen LogP contribution >= 0.6 is 0 Å². The molecule has 2 nitrogen and oxygen atoms in total. The quantitative estimate of drug-likeness (QED) is 0.679. The summed E-state index contributed by atoms with van der Waals surface area (Å²) in [5.41, 5.74) is 7.57. The van der Waals surface area contributed by atoms with E-state index in [1.807, 2.05) is 24.4 Å². The maximum absolute atomic E-state index is 5.34. The number of benzene rings is 1. The van der Waals surface area contributed by atoms with Crippen molar-refractivity contribution in [2.45, 2.75) is 13.3 Å². The Bertz CT molecular complexity index is 266. The van der Waals surface area contributed by atoms with E-state index < -0.39 is 0 Å². The highest BCUT2D eigenvalue weighted by Gasteiger charge is 1.90. The maximum atomic E-state index is 5.34. The molecule has 2 heteroatoms. The van der Waals surface area contributed by atoms with Crippen LogP contribution < -0.4 is 5.73 Å². The zero-order chi connectivity index (χ0) is 8.81. The molecule has 0 aromatic heterocycles. The lowest BCUT2D eigenvalue weighted by Gasteiger charge is -1.96. The number of nitrogens with two attached hydrogens (primary N) is 1. The number of nitrogens with zero attached hydrogens (tertiary/aromatic N) is 1. The third-order valence-corrected chi connectivity index (χ3v) is 1.64. The van der Waals surface area contributed by atoms with Crippen molar-refractivity contribution in [3.8, 4) is 0 Å². The van der Waals surface area contributed by atoms with Crippen molar-refractivity contribution in [1.82, 2.24) is 0 Å². The van der Waals surface area contributed by atoms with Crippen molar-refractivity contribution >= 4 is 11.9 Å². The van der Waals surface area contributed by atoms with Crippen LogP contribution in [-0.2, 0) is 0 Å². The topological polar surface area (TPSA) is 38.4 Å². The first-order chi connectivity index (χ1) is 5.84. The molecule has 0 saturated heterocycles. The van der Waals surface area contributed by atoms with Crippen molar-refractivity contribution in [3.05, 3.63) is 29.8 Å². The second-order valence-corrected chi connectivity index (χ2v) is 2.68. The van der Waals surface area contributed by atoms with Gasteiger partial charge in [0.05, 0.1) is 5.69 Å². The molecule has 64 valence electrons. The summed E-state index contributed by atoms with van der Waals surface area (Å²) < 4.78 is 0. The Kier molecular flexibility index (Phi) is 3.48. The molecule has 1 aromatic rings. The predicted octanol–water partition coefficient (Wildman–Crippen LogP) is 2.05. The summed E-state index contributed by atoms with van der Waals surface area (Å²) in [4.78, 5) is 4.29. The summed E-state index contributed by atoms with van der Waals surface area (Å²) >= 11 is 0. The number of hydrogen-bond donors (Lipinski definition) is 1. The highest BCUT2D eigenvalue weighted by atomic mass is 14.7. The zero-order valence-corrected chi connectivity index (χ0v) is 7.33. The van der Waals surface area contributed by atoms with E-state index in [2.05, 4.69) is 18.0 Å². The fraction of sp³-hybridized carbons (Fsp3) is 0.300. The SMILES string of the molecule is Cc1ccccc1N=CCCN. The second kappa shape index (κ2) is 4.67. The van der Waals surface area contributed by atoms with Crippen LogP contribution in [0.2, 0.25) is 0 Å². The molecule has 0 spiro atoms. The van der Waals surface area contributed by atoms with Crippen molar-refractivity contribution in [1.29, 1.82) is 0 Å². The van der Waals surface area contributed by atoms with E-state index in [1.165, 1.54) is 5.56 Å². The first kappa shape index (κ1) is 8.94. The van der Waals surface area contributed by atoms with Gasteiger partial charge in [0.2, 0.25) is 0 Å². The van der Waals surface area contributed by atoms with E-state index in [4.69, 9.17) is 5.73 Å². The molecule has 0 unspecified atom stereocenters. The molecule has 0 radical (unpaired) electrons. The number of aryl methyl sites for hydroxylation is 1. The Morgan fingerprint density at radius 3 is 2.83 bits per heavy atom. The van der Waals surface area contributed by atoms with Crippen LogP contribution in [0.1, 0.15) is 12.0 Å². The largest absolute Gasteiger partial charge is 0.330 e. The Morgan fingerprint density at radius 2 is 2.17 bits per heavy atom. The molecule has 1 aromatic carbocycles. The number of aliphatic imine (C=N–C) groups is 1. The van der Waals surface area contributed by atoms with E-state index in [0.29, 0.717) is 6.54 Å². The summed E-state index contributed by atoms with van der Waals surface area (Å²) in [6, 6.07) is 8.05. The van der Waals surface area contributed by atoms with Crippen molar-refractivity contribution in [3.63, 3.8) is 0 Å². The Balaban J connectivity index is 2.68. The molecule has 0 fully saturated rings. The van der Waals surface area contributed by atoms with E-state index in [1.54, 1.807) is 0 Å². The van der Waals surface area contributed by atoms with Crippen LogP contribution in [0, 0.1) is 6.92 Å². The van der Waals surface area contributed by atoms with Crippen LogP contribution in [-0.4, -0.2) is 12.8 Å². The van der Waals surface area contributed by atoms with Crippen molar-refractivity contribution in [2.75, 3.05) is 6.54 Å². The smallest absolute Gasteiger partial charge is 0.0654 e. The minimum absolute atomic E-state index is 0.662. The normalized spacial score (nSPS) is 10.8. The van der Waals surface area contributed by atoms with E-state index in [-0.39, 0.29) is 0 Å². The van der Waals surface area contributed by atoms with Gasteiger partial charge in [-0.1, -0.05) is 18.2 Å². The minimum Gasteiger partial charge on any atom is -0.330 e. The summed E-state index contributed by atoms with van der Waals surface area (Å²) in [6.07, 6.45) is 2.71. The number of rotatable bonds is 3. The maximum Gasteiger partial charge on any atom is 0.0654 e. The van der Waals surface area contributed by atoms with Gasteiger partial charge in [-0.05, 0) is 31.5 Å². The summed E-state index contributed by atoms with van der Waals surface area (Å²) in [5, 5.41) is 0. The highest BCUT2D eigenvalue weighted by Crippen LogP contribution is 2.15. The van der Waals surface area contributed by atoms with Crippen LogP contribution in [0.3, 0.4) is 0 Å². The fourth-order valence-electron chi connectivity index (χ4n) is 0.946. The predicted molar refractivity (Wildman–Crippen MR) is 53.0 cm³/mol. The molecule has 0 atom stereocenters. The first-order valence-electron chi connectivity index (χ1n) is 4.13. The van der Waals surface area contributed by atoms with Gasteiger partial charge in [0.15, 0.2) is 0 Å². The Morgan fingerprint density at radius 1 is 1.42 bits per heavy atom. The molecule has 0 bridgehead atoms. The van der Waals surface area contributed by atoms with Crippen LogP contribution in [0.5, 0.6) is 0 Å². The molecular formula is C10H14N2. The lowest BCUT2D eigenvalue weighted by Crippen LogP contribution is -1.97. The molecule has 1 rings (SSSR count). The standard InChI is InChI=1S/C10H14N2/c1-9-5-2-3-6-10(9)12-8-4-7-11/h2-3,5-6,8H,4,7,11H2,1H3. The van der Waals surface area contributed by atoms with Crippen LogP contribution in [0.25, 0.3) is 0 Å². The van der Waals surface area contributed by atoms with Gasteiger partial charge in [0.25, 0.3) is 0 Å². The summed E-state index contributed by atoms with van der Waals surface area (Å²) in [5.74, 6) is 0. The number of hydrogen-bond acceptors (Lipinski definition) is 2. The highest BCUT2D eigenvalue weighted by molar-refractivity contribution is 5.64. The molecule has 0 aliphatic heterocycles. The zero-order valence-electron chi connectivity index (χ0n) is 7.33. The van der Waals surface area contributed by atoms with Gasteiger partial charge in [-0.15, -0.1) is 0 Å². The molecule has 0 saturated carbocycles. The molecule has 12 heavy (non-hydrogen) atoms. The lowest BCUT2D eigenvalue weighted by molar-refractivity contribution is 1.06. The Labute approximate surface area is 73.1 Å². The van der Waals surface area contributed by atoms with Gasteiger partial charge >= 0.3 is 0 Å². The van der Waals surface area contributed by atoms with Gasteiger partial charge in [-0.2, -0.15) is 0 Å². The van der Waals surface area contributed by atoms with E-state index >= 15 is 0 Å². The molecule has 0 aliphatic carbocycles. The van der Waals surface area contributed by atoms with Gasteiger partial charge in [-0.25, -0.2) is 0 Å². The lowest BCUT2D eigenvalue weighted by atomic mass is 10.2. The average molecular weight is 162 g/mol. The third-order valence-electron chi connectivity index (χ3n) is 1.64. The fourth-order valence-corrected chi connectivity index (χ4v) is 0.946. The van der Waals surface area contributed by atoms with Crippen LogP contribution in [0.4, 0.5) is 5.69 Å². The van der Waals surface area contributed by atoms with Crippen molar-refractivity contribution < 1.29 is 0 Å². The van der Waals surface area contributed by atoms with Gasteiger partial charge in [0, 0.05) is 6.21 Å². The molecular weight excluding hydrogens is 148 g/mol. The average Bonchev–Trinajstić information content (AvgIpc) is 2.09. The van der Waals surface area contributed by atoms with E-state index in [0.717, 1.165) is 12.1 Å². The third kappa shape index (κ3) is 2.47. The van der Waals surface area contributed by atoms with Gasteiger partial charge < -0.3 is 5.73 Å². The van der Waals surface area contributed by atoms with Crippen LogP contribution in [0.15, 0.2) is 29.3 Å². The molecule has 0 aliphatic rings. The van der Waals surface area contributed by atoms with Gasteiger partial charge in [0.1, 0.15) is 0 Å². The summed E-state index contributed by atoms with van der Waals surface area (Å²) in [6.45, 7) is 2.71. The second-order valence-electron chi connectivity index (χ2n) is 2.68.